The first-order valence-electron chi connectivity index (χ1n) is 9.33. The number of nitrogens with zero attached hydrogens (tertiary/aromatic N) is 1. The average molecular weight is 358 g/mol. The molecule has 136 valence electrons. The first-order chi connectivity index (χ1) is 13.2. The Balaban J connectivity index is 1.72. The fourth-order valence-corrected chi connectivity index (χ4v) is 3.40. The van der Waals surface area contributed by atoms with Gasteiger partial charge in [-0.3, -0.25) is 4.79 Å². The molecule has 0 bridgehead atoms. The summed E-state index contributed by atoms with van der Waals surface area (Å²) in [4.78, 5) is 17.7. The van der Waals surface area contributed by atoms with Gasteiger partial charge in [0.15, 0.2) is 0 Å². The summed E-state index contributed by atoms with van der Waals surface area (Å²) in [5, 5.41) is 4.01. The van der Waals surface area contributed by atoms with Crippen LogP contribution in [0.1, 0.15) is 30.1 Å². The molecule has 1 amide bonds. The van der Waals surface area contributed by atoms with E-state index in [-0.39, 0.29) is 11.9 Å². The molecule has 1 aromatic heterocycles. The van der Waals surface area contributed by atoms with E-state index in [1.807, 2.05) is 61.5 Å². The lowest BCUT2D eigenvalue weighted by molar-refractivity contribution is 0.0940. The summed E-state index contributed by atoms with van der Waals surface area (Å²) in [5.74, 6) is 0.781. The van der Waals surface area contributed by atoms with E-state index < -0.39 is 0 Å². The molecule has 27 heavy (non-hydrogen) atoms. The maximum Gasteiger partial charge on any atom is 0.252 e. The number of aromatic nitrogens is 1. The van der Waals surface area contributed by atoms with Crippen molar-refractivity contribution in [3.05, 3.63) is 72.3 Å². The van der Waals surface area contributed by atoms with Gasteiger partial charge in [-0.1, -0.05) is 30.4 Å². The molecule has 4 nitrogen and oxygen atoms in total. The summed E-state index contributed by atoms with van der Waals surface area (Å²) in [7, 11) is 0. The van der Waals surface area contributed by atoms with Crippen LogP contribution in [-0.2, 0) is 0 Å². The van der Waals surface area contributed by atoms with E-state index in [0.29, 0.717) is 12.2 Å². The Morgan fingerprint density at radius 1 is 1.11 bits per heavy atom. The van der Waals surface area contributed by atoms with Crippen LogP contribution in [0.25, 0.3) is 22.2 Å². The molecular formula is C23H22N2O2. The molecule has 1 N–H and O–H groups in total. The molecule has 1 heterocycles. The molecular weight excluding hydrogens is 336 g/mol. The number of pyridine rings is 1. The number of carbonyl (C=O) groups is 1. The number of carbonyl (C=O) groups excluding carboxylic acids is 1. The molecule has 0 saturated heterocycles. The van der Waals surface area contributed by atoms with Crippen LogP contribution < -0.4 is 10.1 Å². The highest BCUT2D eigenvalue weighted by Gasteiger charge is 2.18. The fourth-order valence-electron chi connectivity index (χ4n) is 3.40. The van der Waals surface area contributed by atoms with Crippen LogP contribution in [0, 0.1) is 0 Å². The molecule has 2 aromatic carbocycles. The third kappa shape index (κ3) is 3.70. The molecule has 1 aliphatic rings. The van der Waals surface area contributed by atoms with Gasteiger partial charge < -0.3 is 10.1 Å². The second kappa shape index (κ2) is 7.62. The zero-order valence-electron chi connectivity index (χ0n) is 15.3. The molecule has 1 aliphatic carbocycles. The van der Waals surface area contributed by atoms with E-state index in [2.05, 4.69) is 17.5 Å². The Morgan fingerprint density at radius 3 is 2.59 bits per heavy atom. The highest BCUT2D eigenvalue weighted by Crippen LogP contribution is 2.26. The Bertz CT molecular complexity index is 985. The highest BCUT2D eigenvalue weighted by atomic mass is 16.5. The van der Waals surface area contributed by atoms with Gasteiger partial charge in [0.05, 0.1) is 23.4 Å². The van der Waals surface area contributed by atoms with E-state index in [9.17, 15) is 4.79 Å². The fraction of sp³-hybridized carbons (Fsp3) is 0.217. The topological polar surface area (TPSA) is 51.2 Å². The highest BCUT2D eigenvalue weighted by molar-refractivity contribution is 6.07. The number of fused-ring (bicyclic) bond motifs is 1. The monoisotopic (exact) mass is 358 g/mol. The van der Waals surface area contributed by atoms with Crippen molar-refractivity contribution in [3.63, 3.8) is 0 Å². The quantitative estimate of drug-likeness (QED) is 0.670. The van der Waals surface area contributed by atoms with Crippen LogP contribution in [0.2, 0.25) is 0 Å². The standard InChI is InChI=1S/C23H22N2O2/c1-2-27-18-13-11-16(12-14-18)22-15-20(19-9-5-6-10-21(19)25-22)23(26)24-17-7-3-4-8-17/h3-6,9-15,17H,2,7-8H2,1H3,(H,24,26). The SMILES string of the molecule is CCOc1ccc(-c2cc(C(=O)NC3CC=CC3)c3ccccc3n2)cc1. The van der Waals surface area contributed by atoms with Crippen LogP contribution in [0.4, 0.5) is 0 Å². The van der Waals surface area contributed by atoms with Gasteiger partial charge in [0.25, 0.3) is 5.91 Å². The predicted octanol–water partition coefficient (Wildman–Crippen LogP) is 4.75. The van der Waals surface area contributed by atoms with Crippen LogP contribution in [0.15, 0.2) is 66.7 Å². The lowest BCUT2D eigenvalue weighted by atomic mass is 10.0. The van der Waals surface area contributed by atoms with Crippen molar-refractivity contribution in [2.45, 2.75) is 25.8 Å². The minimum Gasteiger partial charge on any atom is -0.494 e. The molecule has 0 spiro atoms. The summed E-state index contributed by atoms with van der Waals surface area (Å²) in [6.45, 7) is 2.59. The molecule has 0 radical (unpaired) electrons. The largest absolute Gasteiger partial charge is 0.494 e. The van der Waals surface area contributed by atoms with Crippen molar-refractivity contribution in [2.24, 2.45) is 0 Å². The van der Waals surface area contributed by atoms with Crippen molar-refractivity contribution < 1.29 is 9.53 Å². The number of amides is 1. The smallest absolute Gasteiger partial charge is 0.252 e. The zero-order valence-corrected chi connectivity index (χ0v) is 15.3. The lowest BCUT2D eigenvalue weighted by Gasteiger charge is -2.14. The Kier molecular flexibility index (Phi) is 4.88. The number of ether oxygens (including phenoxy) is 1. The number of hydrogen-bond donors (Lipinski definition) is 1. The molecule has 4 heteroatoms. The molecule has 0 aliphatic heterocycles. The van der Waals surface area contributed by atoms with Gasteiger partial charge in [0.1, 0.15) is 5.75 Å². The van der Waals surface area contributed by atoms with E-state index in [1.54, 1.807) is 0 Å². The molecule has 0 saturated carbocycles. The van der Waals surface area contributed by atoms with E-state index >= 15 is 0 Å². The number of hydrogen-bond acceptors (Lipinski definition) is 3. The average Bonchev–Trinajstić information content (AvgIpc) is 3.21. The number of rotatable bonds is 5. The van der Waals surface area contributed by atoms with Gasteiger partial charge in [-0.2, -0.15) is 0 Å². The maximum atomic E-state index is 13.0. The van der Waals surface area contributed by atoms with Gasteiger partial charge in [-0.25, -0.2) is 4.98 Å². The molecule has 0 unspecified atom stereocenters. The molecule has 0 fully saturated rings. The number of benzene rings is 2. The van der Waals surface area contributed by atoms with Gasteiger partial charge in [0.2, 0.25) is 0 Å². The minimum atomic E-state index is -0.0468. The predicted molar refractivity (Wildman–Crippen MR) is 108 cm³/mol. The first kappa shape index (κ1) is 17.3. The lowest BCUT2D eigenvalue weighted by Crippen LogP contribution is -2.33. The summed E-state index contributed by atoms with van der Waals surface area (Å²) < 4.78 is 5.51. The second-order valence-electron chi connectivity index (χ2n) is 6.64. The first-order valence-corrected chi connectivity index (χ1v) is 9.33. The van der Waals surface area contributed by atoms with Gasteiger partial charge >= 0.3 is 0 Å². The van der Waals surface area contributed by atoms with E-state index in [0.717, 1.165) is 40.8 Å². The molecule has 0 atom stereocenters. The molecule has 4 rings (SSSR count). The zero-order chi connectivity index (χ0) is 18.6. The van der Waals surface area contributed by atoms with E-state index in [4.69, 9.17) is 9.72 Å². The van der Waals surface area contributed by atoms with E-state index in [1.165, 1.54) is 0 Å². The van der Waals surface area contributed by atoms with Crippen molar-refractivity contribution in [3.8, 4) is 17.0 Å². The third-order valence-electron chi connectivity index (χ3n) is 4.76. The summed E-state index contributed by atoms with van der Waals surface area (Å²) >= 11 is 0. The number of nitrogens with one attached hydrogen (secondary N) is 1. The summed E-state index contributed by atoms with van der Waals surface area (Å²) in [6.07, 6.45) is 6.00. The van der Waals surface area contributed by atoms with Crippen LogP contribution in [-0.4, -0.2) is 23.5 Å². The Hall–Kier alpha value is -3.14. The normalized spacial score (nSPS) is 13.8. The second-order valence-corrected chi connectivity index (χ2v) is 6.64. The van der Waals surface area contributed by atoms with Gasteiger partial charge in [0, 0.05) is 17.0 Å². The van der Waals surface area contributed by atoms with Gasteiger partial charge in [-0.05, 0) is 56.2 Å². The summed E-state index contributed by atoms with van der Waals surface area (Å²) in [5.41, 5.74) is 3.22. The Labute approximate surface area is 158 Å². The third-order valence-corrected chi connectivity index (χ3v) is 4.76. The van der Waals surface area contributed by atoms with Crippen LogP contribution in [0.5, 0.6) is 5.75 Å². The minimum absolute atomic E-state index is 0.0468. The van der Waals surface area contributed by atoms with Crippen molar-refractivity contribution in [2.75, 3.05) is 6.61 Å². The van der Waals surface area contributed by atoms with Crippen LogP contribution in [0.3, 0.4) is 0 Å². The van der Waals surface area contributed by atoms with Crippen molar-refractivity contribution in [1.82, 2.24) is 10.3 Å². The summed E-state index contributed by atoms with van der Waals surface area (Å²) in [6, 6.07) is 17.7. The molecule has 3 aromatic rings. The van der Waals surface area contributed by atoms with Crippen molar-refractivity contribution in [1.29, 1.82) is 0 Å². The van der Waals surface area contributed by atoms with Crippen molar-refractivity contribution >= 4 is 16.8 Å². The Morgan fingerprint density at radius 2 is 1.85 bits per heavy atom. The van der Waals surface area contributed by atoms with Crippen LogP contribution >= 0.6 is 0 Å². The number of para-hydroxylation sites is 1. The maximum absolute atomic E-state index is 13.0. The van der Waals surface area contributed by atoms with Gasteiger partial charge in [-0.15, -0.1) is 0 Å².